The van der Waals surface area contributed by atoms with Gasteiger partial charge in [0.05, 0.1) is 37.2 Å². The normalized spacial score (nSPS) is 27.8. The molecule has 13 heteroatoms. The lowest BCUT2D eigenvalue weighted by molar-refractivity contribution is -0.148. The largest absolute Gasteiger partial charge is 0.463 e. The summed E-state index contributed by atoms with van der Waals surface area (Å²) in [7, 11) is 0. The number of morpholine rings is 1. The number of aliphatic hydroxyl groups is 1. The van der Waals surface area contributed by atoms with Gasteiger partial charge in [-0.2, -0.15) is 0 Å². The van der Waals surface area contributed by atoms with Crippen LogP contribution >= 0.6 is 15.9 Å². The smallest absolute Gasteiger partial charge is 0.306 e. The van der Waals surface area contributed by atoms with Crippen LogP contribution in [0, 0.1) is 11.8 Å². The van der Waals surface area contributed by atoms with E-state index in [0.717, 1.165) is 18.7 Å². The summed E-state index contributed by atoms with van der Waals surface area (Å²) >= 11 is 3.76. The molecule has 1 spiro atoms. The maximum Gasteiger partial charge on any atom is 0.306 e. The zero-order valence-electron chi connectivity index (χ0n) is 28.8. The minimum atomic E-state index is -1.20. The number of fused-ring (bicyclic) bond motifs is 1. The summed E-state index contributed by atoms with van der Waals surface area (Å²) in [5.74, 6) is -3.02. The number of ether oxygens (including phenoxy) is 3. The lowest BCUT2D eigenvalue weighted by Crippen LogP contribution is -2.58. The number of halogens is 1. The molecule has 12 nitrogen and oxygen atoms in total. The maximum atomic E-state index is 14.7. The van der Waals surface area contributed by atoms with Crippen molar-refractivity contribution in [3.8, 4) is 0 Å². The van der Waals surface area contributed by atoms with Gasteiger partial charge in [0.2, 0.25) is 17.7 Å². The van der Waals surface area contributed by atoms with Gasteiger partial charge in [-0.15, -0.1) is 13.2 Å². The van der Waals surface area contributed by atoms with Crippen molar-refractivity contribution in [2.24, 2.45) is 11.8 Å². The zero-order chi connectivity index (χ0) is 35.7. The number of nitrogens with zero attached hydrogens (tertiary/aromatic N) is 3. The van der Waals surface area contributed by atoms with Crippen molar-refractivity contribution in [3.63, 3.8) is 0 Å². The molecule has 1 aromatic rings. The predicted octanol–water partition coefficient (Wildman–Crippen LogP) is 2.61. The van der Waals surface area contributed by atoms with Crippen molar-refractivity contribution < 1.29 is 38.5 Å². The molecule has 274 valence electrons. The number of rotatable bonds is 19. The highest BCUT2D eigenvalue weighted by Crippen LogP contribution is 2.60. The highest BCUT2D eigenvalue weighted by atomic mass is 79.9. The summed E-state index contributed by atoms with van der Waals surface area (Å²) in [5.41, 5.74) is -0.452. The number of alkyl halides is 1. The summed E-state index contributed by atoms with van der Waals surface area (Å²) in [4.78, 5) is 61.4. The van der Waals surface area contributed by atoms with Gasteiger partial charge in [-0.25, -0.2) is 0 Å². The molecule has 2 N–H and O–H groups in total. The lowest BCUT2D eigenvalue weighted by atomic mass is 9.70. The Hall–Kier alpha value is -3.10. The van der Waals surface area contributed by atoms with E-state index in [2.05, 4.69) is 39.3 Å². The number of aliphatic hydroxyl groups excluding tert-OH is 1. The van der Waals surface area contributed by atoms with Gasteiger partial charge in [0.25, 0.3) is 0 Å². The van der Waals surface area contributed by atoms with E-state index in [1.807, 2.05) is 30.3 Å². The van der Waals surface area contributed by atoms with Crippen LogP contribution in [0.15, 0.2) is 55.6 Å². The summed E-state index contributed by atoms with van der Waals surface area (Å²) in [6.07, 6.45) is 5.63. The molecule has 2 bridgehead atoms. The van der Waals surface area contributed by atoms with E-state index in [1.54, 1.807) is 22.0 Å². The highest BCUT2D eigenvalue weighted by molar-refractivity contribution is 9.09. The number of unbranched alkanes of at least 4 members (excludes halogenated alkanes) is 2. The second kappa shape index (κ2) is 17.9. The second-order valence-electron chi connectivity index (χ2n) is 13.5. The number of allylic oxidation sites excluding steroid dienone is 1. The number of carbonyl (C=O) groups excluding carboxylic acids is 4. The Morgan fingerprint density at radius 3 is 2.58 bits per heavy atom. The van der Waals surface area contributed by atoms with Crippen LogP contribution in [-0.2, 0) is 33.4 Å². The van der Waals surface area contributed by atoms with E-state index in [0.29, 0.717) is 71.5 Å². The lowest BCUT2D eigenvalue weighted by Gasteiger charge is -2.38. The van der Waals surface area contributed by atoms with Crippen molar-refractivity contribution in [2.45, 2.75) is 67.1 Å². The van der Waals surface area contributed by atoms with Crippen LogP contribution in [0.3, 0.4) is 0 Å². The monoisotopic (exact) mass is 758 g/mol. The van der Waals surface area contributed by atoms with Crippen LogP contribution in [0.1, 0.15) is 50.1 Å². The first-order valence-corrected chi connectivity index (χ1v) is 18.7. The Bertz CT molecular complexity index is 1360. The molecule has 4 fully saturated rings. The van der Waals surface area contributed by atoms with Crippen LogP contribution in [0.5, 0.6) is 0 Å². The van der Waals surface area contributed by atoms with E-state index >= 15 is 0 Å². The Balaban J connectivity index is 1.41. The van der Waals surface area contributed by atoms with Gasteiger partial charge in [0, 0.05) is 57.1 Å². The van der Waals surface area contributed by atoms with Gasteiger partial charge in [0.1, 0.15) is 18.2 Å². The van der Waals surface area contributed by atoms with Crippen LogP contribution < -0.4 is 5.32 Å². The van der Waals surface area contributed by atoms with Gasteiger partial charge in [-0.05, 0) is 37.7 Å². The summed E-state index contributed by atoms with van der Waals surface area (Å²) in [6, 6.07) is 7.67. The molecule has 0 radical (unpaired) electrons. The Kier molecular flexibility index (Phi) is 13.7. The summed E-state index contributed by atoms with van der Waals surface area (Å²) < 4.78 is 17.8. The van der Waals surface area contributed by atoms with Crippen molar-refractivity contribution in [3.05, 3.63) is 61.2 Å². The third-order valence-corrected chi connectivity index (χ3v) is 11.2. The molecule has 4 heterocycles. The van der Waals surface area contributed by atoms with E-state index in [9.17, 15) is 24.3 Å². The molecule has 50 heavy (non-hydrogen) atoms. The van der Waals surface area contributed by atoms with Crippen molar-refractivity contribution in [2.75, 3.05) is 65.7 Å². The molecule has 4 aliphatic heterocycles. The van der Waals surface area contributed by atoms with Crippen molar-refractivity contribution in [1.29, 1.82) is 0 Å². The van der Waals surface area contributed by atoms with E-state index in [1.165, 1.54) is 0 Å². The minimum Gasteiger partial charge on any atom is -0.463 e. The van der Waals surface area contributed by atoms with E-state index in [4.69, 9.17) is 14.2 Å². The topological polar surface area (TPSA) is 138 Å². The molecule has 3 amide bonds. The van der Waals surface area contributed by atoms with Gasteiger partial charge < -0.3 is 34.4 Å². The molecule has 7 atom stereocenters. The molecule has 5 rings (SSSR count). The SMILES string of the molecule is C=CCCC(=O)OC[C@@H](NC(=O)[C@H]1[C@@H]2O[C@@]3(CC2Br)[C@@H]1C(=O)N(CCCCCO)[C@@H]3C(=O)N(CC=C)CCN1CCOCC1)c1ccccc1. The number of hydrogen-bond donors (Lipinski definition) is 2. The number of benzene rings is 1. The molecular weight excluding hydrogens is 708 g/mol. The third kappa shape index (κ3) is 8.33. The quantitative estimate of drug-likeness (QED) is 0.0945. The second-order valence-corrected chi connectivity index (χ2v) is 14.7. The van der Waals surface area contributed by atoms with E-state index in [-0.39, 0.29) is 42.2 Å². The van der Waals surface area contributed by atoms with Crippen LogP contribution in [0.2, 0.25) is 0 Å². The molecule has 0 saturated carbocycles. The zero-order valence-corrected chi connectivity index (χ0v) is 30.3. The standard InChI is InChI=1S/C37H51BrN4O8/c1-3-5-14-29(44)49-25-28(26-12-8-6-9-13-26)39-34(45)30-31-35(46)42(16-10-7-11-21-43)33(37(31)24-27(38)32(30)50-37)36(47)41(15-4-2)18-17-40-19-22-48-23-20-40/h3-4,6,8-9,12-13,27-28,30-33,43H,1-2,5,7,10-11,14-25H2,(H,39,45)/t27?,28-,30-,31+,32-,33-,37+/m1/s1. The number of likely N-dealkylation sites (tertiary alicyclic amines) is 1. The minimum absolute atomic E-state index is 0.0436. The van der Waals surface area contributed by atoms with Gasteiger partial charge >= 0.3 is 5.97 Å². The Morgan fingerprint density at radius 1 is 1.12 bits per heavy atom. The first-order valence-electron chi connectivity index (χ1n) is 17.8. The summed E-state index contributed by atoms with van der Waals surface area (Å²) in [5, 5.41) is 12.5. The average molecular weight is 760 g/mol. The van der Waals surface area contributed by atoms with Crippen molar-refractivity contribution >= 4 is 39.6 Å². The molecule has 4 saturated heterocycles. The van der Waals surface area contributed by atoms with Crippen molar-refractivity contribution in [1.82, 2.24) is 20.0 Å². The number of amides is 3. The fourth-order valence-corrected chi connectivity index (χ4v) is 8.81. The molecular formula is C37H51BrN4O8. The number of esters is 1. The fraction of sp³-hybridized carbons (Fsp3) is 0.622. The number of hydrogen-bond acceptors (Lipinski definition) is 9. The van der Waals surface area contributed by atoms with Crippen LogP contribution in [0.4, 0.5) is 0 Å². The van der Waals surface area contributed by atoms with Crippen LogP contribution in [0.25, 0.3) is 0 Å². The molecule has 0 aliphatic carbocycles. The van der Waals surface area contributed by atoms with Crippen LogP contribution in [-0.4, -0.2) is 132 Å². The average Bonchev–Trinajstić information content (AvgIpc) is 3.72. The molecule has 0 aromatic heterocycles. The number of nitrogens with one attached hydrogen (secondary N) is 1. The van der Waals surface area contributed by atoms with E-state index < -0.39 is 41.6 Å². The molecule has 1 aromatic carbocycles. The van der Waals surface area contributed by atoms with Gasteiger partial charge in [-0.3, -0.25) is 24.1 Å². The van der Waals surface area contributed by atoms with Gasteiger partial charge in [0.15, 0.2) is 0 Å². The Labute approximate surface area is 303 Å². The highest BCUT2D eigenvalue weighted by Gasteiger charge is 2.76. The fourth-order valence-electron chi connectivity index (χ4n) is 7.87. The summed E-state index contributed by atoms with van der Waals surface area (Å²) in [6.45, 7) is 12.1. The Morgan fingerprint density at radius 2 is 1.88 bits per heavy atom. The maximum absolute atomic E-state index is 14.7. The first kappa shape index (κ1) is 38.1. The molecule has 1 unspecified atom stereocenters. The predicted molar refractivity (Wildman–Crippen MR) is 190 cm³/mol. The number of carbonyl (C=O) groups is 4. The molecule has 4 aliphatic rings. The van der Waals surface area contributed by atoms with Gasteiger partial charge in [-0.1, -0.05) is 58.4 Å². The third-order valence-electron chi connectivity index (χ3n) is 10.3. The first-order chi connectivity index (χ1) is 24.2.